The number of carbonyl (C=O) groups is 1. The highest BCUT2D eigenvalue weighted by Gasteiger charge is 2.02. The highest BCUT2D eigenvalue weighted by molar-refractivity contribution is 5.94. The van der Waals surface area contributed by atoms with Crippen molar-refractivity contribution in [3.63, 3.8) is 0 Å². The molecule has 0 atom stereocenters. The van der Waals surface area contributed by atoms with Crippen LogP contribution >= 0.6 is 0 Å². The van der Waals surface area contributed by atoms with Crippen molar-refractivity contribution in [3.8, 4) is 16.9 Å². The second kappa shape index (κ2) is 11.1. The molecule has 0 spiro atoms. The van der Waals surface area contributed by atoms with Crippen molar-refractivity contribution in [2.75, 3.05) is 6.61 Å². The first-order chi connectivity index (χ1) is 14.2. The number of hydrogen-bond acceptors (Lipinski definition) is 5. The molecule has 0 unspecified atom stereocenters. The Morgan fingerprint density at radius 1 is 0.862 bits per heavy atom. The van der Waals surface area contributed by atoms with Crippen molar-refractivity contribution in [2.24, 2.45) is 0 Å². The van der Waals surface area contributed by atoms with Gasteiger partial charge in [-0.2, -0.15) is 5.21 Å². The molecule has 0 saturated heterocycles. The molecule has 152 valence electrons. The molecule has 1 aromatic heterocycles. The number of H-pyrrole nitrogens is 1. The van der Waals surface area contributed by atoms with E-state index < -0.39 is 0 Å². The Bertz CT molecular complexity index is 859. The number of aromatic nitrogens is 4. The lowest BCUT2D eigenvalue weighted by Gasteiger charge is -2.08. The van der Waals surface area contributed by atoms with Crippen LogP contribution in [0.1, 0.15) is 61.6 Å². The van der Waals surface area contributed by atoms with Crippen LogP contribution in [0.25, 0.3) is 11.1 Å². The molecule has 0 fully saturated rings. The normalized spacial score (nSPS) is 10.8. The Kier molecular flexibility index (Phi) is 7.92. The average Bonchev–Trinajstić information content (AvgIpc) is 3.26. The van der Waals surface area contributed by atoms with E-state index in [9.17, 15) is 4.79 Å². The Labute approximate surface area is 171 Å². The lowest BCUT2D eigenvalue weighted by atomic mass is 10.0. The maximum Gasteiger partial charge on any atom is 0.174 e. The fourth-order valence-corrected chi connectivity index (χ4v) is 3.21. The molecule has 29 heavy (non-hydrogen) atoms. The van der Waals surface area contributed by atoms with E-state index in [1.165, 1.54) is 25.7 Å². The van der Waals surface area contributed by atoms with Crippen LogP contribution in [0.3, 0.4) is 0 Å². The second-order valence-corrected chi connectivity index (χ2v) is 7.21. The van der Waals surface area contributed by atoms with E-state index in [-0.39, 0.29) is 5.78 Å². The van der Waals surface area contributed by atoms with Gasteiger partial charge in [0.1, 0.15) is 5.75 Å². The molecule has 0 amide bonds. The minimum Gasteiger partial charge on any atom is -0.494 e. The zero-order valence-electron chi connectivity index (χ0n) is 16.9. The lowest BCUT2D eigenvalue weighted by Crippen LogP contribution is -1.97. The maximum atomic E-state index is 11.4. The number of rotatable bonds is 12. The zero-order valence-corrected chi connectivity index (χ0v) is 16.9. The molecule has 3 aromatic rings. The van der Waals surface area contributed by atoms with E-state index in [4.69, 9.17) is 4.74 Å². The smallest absolute Gasteiger partial charge is 0.174 e. The Morgan fingerprint density at radius 2 is 1.48 bits per heavy atom. The number of nitrogens with zero attached hydrogens (tertiary/aromatic N) is 3. The highest BCUT2D eigenvalue weighted by atomic mass is 16.5. The van der Waals surface area contributed by atoms with Crippen LogP contribution in [0.2, 0.25) is 0 Å². The Balaban J connectivity index is 1.28. The van der Waals surface area contributed by atoms with E-state index in [1.807, 2.05) is 36.4 Å². The number of Topliss-reactive ketones (excluding diaryl/α,β-unsaturated/α-hetero) is 1. The molecule has 1 N–H and O–H groups in total. The topological polar surface area (TPSA) is 80.8 Å². The number of aryl methyl sites for hydroxylation is 1. The minimum absolute atomic E-state index is 0.0872. The van der Waals surface area contributed by atoms with Gasteiger partial charge in [-0.15, -0.1) is 10.2 Å². The van der Waals surface area contributed by atoms with Crippen molar-refractivity contribution in [3.05, 3.63) is 59.9 Å². The maximum absolute atomic E-state index is 11.4. The number of tetrazole rings is 1. The van der Waals surface area contributed by atoms with Gasteiger partial charge in [0.25, 0.3) is 0 Å². The predicted octanol–water partition coefficient (Wildman–Crippen LogP) is 5.03. The van der Waals surface area contributed by atoms with Gasteiger partial charge in [0.15, 0.2) is 11.6 Å². The third kappa shape index (κ3) is 6.82. The van der Waals surface area contributed by atoms with Crippen molar-refractivity contribution in [1.82, 2.24) is 20.6 Å². The summed E-state index contributed by atoms with van der Waals surface area (Å²) in [6, 6.07) is 15.8. The minimum atomic E-state index is 0.0872. The summed E-state index contributed by atoms with van der Waals surface area (Å²) in [5.41, 5.74) is 2.95. The molecule has 0 saturated carbocycles. The molecule has 6 heteroatoms. The van der Waals surface area contributed by atoms with Gasteiger partial charge in [-0.3, -0.25) is 4.79 Å². The molecule has 1 heterocycles. The summed E-state index contributed by atoms with van der Waals surface area (Å²) in [5, 5.41) is 14.0. The first-order valence-corrected chi connectivity index (χ1v) is 10.3. The van der Waals surface area contributed by atoms with Crippen molar-refractivity contribution in [1.29, 1.82) is 0 Å². The fourth-order valence-electron chi connectivity index (χ4n) is 3.21. The van der Waals surface area contributed by atoms with Crippen LogP contribution in [0.4, 0.5) is 0 Å². The summed E-state index contributed by atoms with van der Waals surface area (Å²) < 4.78 is 5.85. The SMILES string of the molecule is CC(=O)c1ccc(-c2ccc(OCCCCCCCCc3nn[nH]n3)cc2)cc1. The molecular formula is C23H28N4O2. The van der Waals surface area contributed by atoms with Crippen LogP contribution in [-0.2, 0) is 6.42 Å². The number of benzene rings is 2. The van der Waals surface area contributed by atoms with Crippen molar-refractivity contribution < 1.29 is 9.53 Å². The molecular weight excluding hydrogens is 364 g/mol. The third-order valence-electron chi connectivity index (χ3n) is 4.93. The summed E-state index contributed by atoms with van der Waals surface area (Å²) >= 11 is 0. The number of hydrogen-bond donors (Lipinski definition) is 1. The summed E-state index contributed by atoms with van der Waals surface area (Å²) in [5.74, 6) is 1.79. The average molecular weight is 393 g/mol. The van der Waals surface area contributed by atoms with Gasteiger partial charge in [-0.05, 0) is 43.0 Å². The molecule has 6 nitrogen and oxygen atoms in total. The van der Waals surface area contributed by atoms with Crippen LogP contribution in [0, 0.1) is 0 Å². The van der Waals surface area contributed by atoms with E-state index in [0.29, 0.717) is 0 Å². The standard InChI is InChI=1S/C23H28N4O2/c1-18(28)19-9-11-20(12-10-19)21-13-15-22(16-14-21)29-17-7-5-3-2-4-6-8-23-24-26-27-25-23/h9-16H,2-8,17H2,1H3,(H,24,25,26,27). The monoisotopic (exact) mass is 392 g/mol. The number of ether oxygens (including phenoxy) is 1. The van der Waals surface area contributed by atoms with E-state index in [1.54, 1.807) is 6.92 Å². The van der Waals surface area contributed by atoms with Crippen LogP contribution in [0.5, 0.6) is 5.75 Å². The molecule has 0 bridgehead atoms. The molecule has 0 radical (unpaired) electrons. The largest absolute Gasteiger partial charge is 0.494 e. The number of unbranched alkanes of at least 4 members (excludes halogenated alkanes) is 5. The van der Waals surface area contributed by atoms with Gasteiger partial charge in [0.05, 0.1) is 6.61 Å². The number of ketones is 1. The zero-order chi connectivity index (χ0) is 20.3. The van der Waals surface area contributed by atoms with Gasteiger partial charge >= 0.3 is 0 Å². The first-order valence-electron chi connectivity index (χ1n) is 10.3. The predicted molar refractivity (Wildman–Crippen MR) is 113 cm³/mol. The number of carbonyl (C=O) groups excluding carboxylic acids is 1. The Hall–Kier alpha value is -3.02. The number of aromatic amines is 1. The number of nitrogens with one attached hydrogen (secondary N) is 1. The van der Waals surface area contributed by atoms with E-state index in [0.717, 1.165) is 54.1 Å². The molecule has 0 aliphatic rings. The molecule has 3 rings (SSSR count). The summed E-state index contributed by atoms with van der Waals surface area (Å²) in [6.07, 6.45) is 7.92. The summed E-state index contributed by atoms with van der Waals surface area (Å²) in [7, 11) is 0. The highest BCUT2D eigenvalue weighted by Crippen LogP contribution is 2.23. The second-order valence-electron chi connectivity index (χ2n) is 7.21. The van der Waals surface area contributed by atoms with Gasteiger partial charge in [-0.25, -0.2) is 0 Å². The van der Waals surface area contributed by atoms with Gasteiger partial charge in [-0.1, -0.05) is 67.3 Å². The fraction of sp³-hybridized carbons (Fsp3) is 0.391. The third-order valence-corrected chi connectivity index (χ3v) is 4.93. The van der Waals surface area contributed by atoms with Crippen LogP contribution < -0.4 is 4.74 Å². The summed E-state index contributed by atoms with van der Waals surface area (Å²) in [4.78, 5) is 11.4. The first kappa shape index (κ1) is 20.7. The van der Waals surface area contributed by atoms with Gasteiger partial charge in [0.2, 0.25) is 0 Å². The van der Waals surface area contributed by atoms with E-state index in [2.05, 4.69) is 32.8 Å². The van der Waals surface area contributed by atoms with E-state index >= 15 is 0 Å². The Morgan fingerprint density at radius 3 is 2.10 bits per heavy atom. The van der Waals surface area contributed by atoms with Crippen molar-refractivity contribution in [2.45, 2.75) is 51.9 Å². The van der Waals surface area contributed by atoms with Crippen LogP contribution in [-0.4, -0.2) is 33.0 Å². The van der Waals surface area contributed by atoms with Crippen LogP contribution in [0.15, 0.2) is 48.5 Å². The van der Waals surface area contributed by atoms with Gasteiger partial charge < -0.3 is 4.74 Å². The quantitative estimate of drug-likeness (QED) is 0.345. The lowest BCUT2D eigenvalue weighted by molar-refractivity contribution is 0.101. The van der Waals surface area contributed by atoms with Crippen molar-refractivity contribution >= 4 is 5.78 Å². The molecule has 2 aromatic carbocycles. The van der Waals surface area contributed by atoms with Gasteiger partial charge in [0, 0.05) is 12.0 Å². The summed E-state index contributed by atoms with van der Waals surface area (Å²) in [6.45, 7) is 2.33. The molecule has 0 aliphatic carbocycles. The molecule has 0 aliphatic heterocycles.